The molecule has 2 aliphatic rings. The van der Waals surface area contributed by atoms with Crippen molar-refractivity contribution in [2.24, 2.45) is 0 Å². The van der Waals surface area contributed by atoms with Crippen molar-refractivity contribution in [2.75, 3.05) is 13.2 Å². The lowest BCUT2D eigenvalue weighted by Crippen LogP contribution is -2.67. The number of phosphoric acid groups is 1. The van der Waals surface area contributed by atoms with Crippen molar-refractivity contribution in [2.45, 2.75) is 68.3 Å². The molecule has 0 aromatic carbocycles. The van der Waals surface area contributed by atoms with E-state index >= 15 is 0 Å². The topological polar surface area (TPSA) is 245 Å². The van der Waals surface area contributed by atoms with Gasteiger partial charge in [-0.3, -0.25) is 9.32 Å². The zero-order chi connectivity index (χ0) is 22.8. The number of carbonyl (C=O) groups excluding carboxylic acids is 1. The molecule has 30 heavy (non-hydrogen) atoms. The molecule has 0 radical (unpaired) electrons. The first-order valence-electron chi connectivity index (χ1n) is 8.80. The second kappa shape index (κ2) is 10.2. The summed E-state index contributed by atoms with van der Waals surface area (Å²) in [4.78, 5) is 29.1. The van der Waals surface area contributed by atoms with Gasteiger partial charge in [0.2, 0.25) is 5.91 Å². The van der Waals surface area contributed by atoms with Gasteiger partial charge in [-0.05, 0) is 0 Å². The van der Waals surface area contributed by atoms with E-state index in [1.54, 1.807) is 0 Å². The van der Waals surface area contributed by atoms with Crippen LogP contribution in [0.4, 0.5) is 0 Å². The number of aliphatic hydroxyl groups excluding tert-OH is 6. The second-order valence-corrected chi connectivity index (χ2v) is 8.11. The van der Waals surface area contributed by atoms with Crippen LogP contribution in [0.2, 0.25) is 0 Å². The Labute approximate surface area is 170 Å². The van der Waals surface area contributed by atoms with Crippen molar-refractivity contribution in [3.8, 4) is 0 Å². The van der Waals surface area contributed by atoms with Crippen molar-refractivity contribution >= 4 is 13.7 Å². The van der Waals surface area contributed by atoms with Gasteiger partial charge in [-0.25, -0.2) is 4.57 Å². The van der Waals surface area contributed by atoms with Gasteiger partial charge in [0.15, 0.2) is 12.6 Å². The summed E-state index contributed by atoms with van der Waals surface area (Å²) in [6.07, 6.45) is -15.1. The highest BCUT2D eigenvalue weighted by Gasteiger charge is 2.51. The molecule has 1 amide bonds. The Hall–Kier alpha value is -0.780. The number of amides is 1. The van der Waals surface area contributed by atoms with Gasteiger partial charge < -0.3 is 60.0 Å². The second-order valence-electron chi connectivity index (χ2n) is 6.87. The maximum atomic E-state index is 11.3. The molecule has 10 atom stereocenters. The predicted molar refractivity (Wildman–Crippen MR) is 91.1 cm³/mol. The average Bonchev–Trinajstić information content (AvgIpc) is 2.65. The molecule has 2 heterocycles. The molecule has 0 aromatic heterocycles. The van der Waals surface area contributed by atoms with E-state index in [0.29, 0.717) is 0 Å². The zero-order valence-electron chi connectivity index (χ0n) is 15.7. The van der Waals surface area contributed by atoms with Crippen LogP contribution in [0.25, 0.3) is 0 Å². The van der Waals surface area contributed by atoms with Gasteiger partial charge in [-0.1, -0.05) is 0 Å². The fourth-order valence-corrected chi connectivity index (χ4v) is 3.47. The fraction of sp³-hybridized carbons (Fsp3) is 0.929. The summed E-state index contributed by atoms with van der Waals surface area (Å²) in [5.41, 5.74) is 0. The molecule has 0 spiro atoms. The minimum atomic E-state index is -4.98. The van der Waals surface area contributed by atoms with Crippen LogP contribution in [-0.4, -0.2) is 121 Å². The van der Waals surface area contributed by atoms with E-state index in [1.807, 2.05) is 0 Å². The molecule has 2 rings (SSSR count). The summed E-state index contributed by atoms with van der Waals surface area (Å²) in [5.74, 6) is -0.654. The van der Waals surface area contributed by atoms with E-state index in [1.165, 1.54) is 0 Å². The maximum Gasteiger partial charge on any atom is 0.469 e. The number of nitrogens with one attached hydrogen (secondary N) is 1. The summed E-state index contributed by atoms with van der Waals surface area (Å²) < 4.78 is 31.1. The van der Waals surface area contributed by atoms with Crippen LogP contribution in [0.1, 0.15) is 6.92 Å². The standard InChI is InChI=1S/C14H26NO14P/c1-4(17)15-7-9(19)12(6(27-13(7)22)3-26-30(23,24)25)29-14-11(21)10(20)8(18)5(2-16)28-14/h5-14,16,18-22H,2-3H2,1H3,(H,15,17)(H2,23,24,25)/t5-,6-,7-,8+,9-,10+,11-,12-,13-,14+/m1/s1. The third-order valence-corrected chi connectivity index (χ3v) is 5.09. The molecule has 0 bridgehead atoms. The van der Waals surface area contributed by atoms with Crippen LogP contribution in [0.15, 0.2) is 0 Å². The zero-order valence-corrected chi connectivity index (χ0v) is 16.6. The molecule has 15 nitrogen and oxygen atoms in total. The smallest absolute Gasteiger partial charge is 0.394 e. The predicted octanol–water partition coefficient (Wildman–Crippen LogP) is -5.14. The molecule has 0 unspecified atom stereocenters. The molecule has 2 aliphatic heterocycles. The molecule has 176 valence electrons. The summed E-state index contributed by atoms with van der Waals surface area (Å²) in [7, 11) is -4.98. The Bertz CT molecular complexity index is 630. The quantitative estimate of drug-likeness (QED) is 0.160. The average molecular weight is 463 g/mol. The molecule has 0 aromatic rings. The highest BCUT2D eigenvalue weighted by molar-refractivity contribution is 7.46. The molecule has 9 N–H and O–H groups in total. The van der Waals surface area contributed by atoms with Crippen molar-refractivity contribution in [1.82, 2.24) is 5.32 Å². The Balaban J connectivity index is 2.24. The number of carbonyl (C=O) groups is 1. The number of rotatable bonds is 7. The number of ether oxygens (including phenoxy) is 3. The molecule has 16 heteroatoms. The molecule has 0 saturated carbocycles. The summed E-state index contributed by atoms with van der Waals surface area (Å²) in [5, 5.41) is 61.9. The van der Waals surface area contributed by atoms with E-state index in [0.717, 1.165) is 6.92 Å². The highest BCUT2D eigenvalue weighted by atomic mass is 31.2. The number of phosphoric ester groups is 1. The first kappa shape index (κ1) is 25.5. The maximum absolute atomic E-state index is 11.3. The fourth-order valence-electron chi connectivity index (χ4n) is 3.13. The van der Waals surface area contributed by atoms with E-state index < -0.39 is 88.3 Å². The third kappa shape index (κ3) is 6.14. The van der Waals surface area contributed by atoms with E-state index in [9.17, 15) is 40.0 Å². The van der Waals surface area contributed by atoms with Crippen LogP contribution in [0.5, 0.6) is 0 Å². The molecule has 2 fully saturated rings. The first-order valence-corrected chi connectivity index (χ1v) is 10.3. The molecule has 0 aliphatic carbocycles. The Morgan fingerprint density at radius 3 is 2.17 bits per heavy atom. The summed E-state index contributed by atoms with van der Waals surface area (Å²) in [6, 6.07) is -1.44. The first-order chi connectivity index (χ1) is 13.9. The summed E-state index contributed by atoms with van der Waals surface area (Å²) in [6.45, 7) is -0.546. The van der Waals surface area contributed by atoms with Gasteiger partial charge >= 0.3 is 7.82 Å². The normalized spacial score (nSPS) is 42.7. The molecular weight excluding hydrogens is 437 g/mol. The Morgan fingerprint density at radius 1 is 1.00 bits per heavy atom. The van der Waals surface area contributed by atoms with Crippen molar-refractivity contribution in [1.29, 1.82) is 0 Å². The Kier molecular flexibility index (Phi) is 8.68. The SMILES string of the molecule is CC(=O)N[C@@H]1[C@@H](O)[C@H](O[C@@H]2O[C@H](CO)[C@H](O)[C@H](O)[C@H]2O)[C@@H](COP(=O)(O)O)O[C@H]1O. The number of aliphatic hydroxyl groups is 6. The van der Waals surface area contributed by atoms with E-state index in [4.69, 9.17) is 24.0 Å². The van der Waals surface area contributed by atoms with Crippen LogP contribution < -0.4 is 5.32 Å². The lowest BCUT2D eigenvalue weighted by Gasteiger charge is -2.46. The van der Waals surface area contributed by atoms with E-state index in [-0.39, 0.29) is 0 Å². The molecule has 2 saturated heterocycles. The van der Waals surface area contributed by atoms with Gasteiger partial charge in [0.25, 0.3) is 0 Å². The monoisotopic (exact) mass is 463 g/mol. The van der Waals surface area contributed by atoms with Gasteiger partial charge in [0.05, 0.1) is 13.2 Å². The number of hydrogen-bond donors (Lipinski definition) is 9. The van der Waals surface area contributed by atoms with Crippen molar-refractivity contribution < 1.29 is 68.5 Å². The minimum Gasteiger partial charge on any atom is -0.394 e. The largest absolute Gasteiger partial charge is 0.469 e. The van der Waals surface area contributed by atoms with Crippen molar-refractivity contribution in [3.05, 3.63) is 0 Å². The number of hydrogen-bond acceptors (Lipinski definition) is 12. The lowest BCUT2D eigenvalue weighted by atomic mass is 9.95. The lowest BCUT2D eigenvalue weighted by molar-refractivity contribution is -0.345. The van der Waals surface area contributed by atoms with Gasteiger partial charge in [-0.2, -0.15) is 0 Å². The van der Waals surface area contributed by atoms with E-state index in [2.05, 4.69) is 9.84 Å². The highest BCUT2D eigenvalue weighted by Crippen LogP contribution is 2.37. The van der Waals surface area contributed by atoms with Gasteiger partial charge in [-0.15, -0.1) is 0 Å². The minimum absolute atomic E-state index is 0.654. The van der Waals surface area contributed by atoms with Crippen LogP contribution >= 0.6 is 7.82 Å². The van der Waals surface area contributed by atoms with Crippen LogP contribution in [-0.2, 0) is 28.1 Å². The van der Waals surface area contributed by atoms with Gasteiger partial charge in [0.1, 0.15) is 48.8 Å². The van der Waals surface area contributed by atoms with Crippen LogP contribution in [0.3, 0.4) is 0 Å². The third-order valence-electron chi connectivity index (χ3n) is 4.61. The van der Waals surface area contributed by atoms with Gasteiger partial charge in [0, 0.05) is 6.92 Å². The van der Waals surface area contributed by atoms with Crippen LogP contribution in [0, 0.1) is 0 Å². The Morgan fingerprint density at radius 2 is 1.63 bits per heavy atom. The van der Waals surface area contributed by atoms with Crippen molar-refractivity contribution in [3.63, 3.8) is 0 Å². The molecular formula is C14H26NO14P. The summed E-state index contributed by atoms with van der Waals surface area (Å²) >= 11 is 0.